The van der Waals surface area contributed by atoms with E-state index in [0.717, 1.165) is 89.9 Å². The van der Waals surface area contributed by atoms with Crippen molar-refractivity contribution in [1.82, 2.24) is 0 Å². The van der Waals surface area contributed by atoms with Crippen molar-refractivity contribution in [3.05, 3.63) is 97.2 Å². The summed E-state index contributed by atoms with van der Waals surface area (Å²) in [7, 11) is 0. The fourth-order valence-electron chi connectivity index (χ4n) is 9.34. The molecule has 0 radical (unpaired) electrons. The van der Waals surface area contributed by atoms with Crippen LogP contribution in [0.2, 0.25) is 0 Å². The second kappa shape index (κ2) is 65.8. The lowest BCUT2D eigenvalue weighted by atomic mass is 10.0. The highest BCUT2D eigenvalue weighted by Crippen LogP contribution is 2.16. The first-order chi connectivity index (χ1) is 38.5. The molecule has 6 heteroatoms. The molecule has 0 heterocycles. The van der Waals surface area contributed by atoms with Gasteiger partial charge in [-0.15, -0.1) is 0 Å². The molecule has 0 aliphatic rings. The summed E-state index contributed by atoms with van der Waals surface area (Å²) in [5.41, 5.74) is 0. The van der Waals surface area contributed by atoms with E-state index in [1.165, 1.54) is 186 Å². The smallest absolute Gasteiger partial charge is 0.306 e. The highest BCUT2D eigenvalue weighted by Gasteiger charge is 2.19. The molecule has 0 aromatic heterocycles. The average molecular weight is 1090 g/mol. The zero-order valence-electron chi connectivity index (χ0n) is 51.4. The van der Waals surface area contributed by atoms with Crippen molar-refractivity contribution in [2.24, 2.45) is 0 Å². The lowest BCUT2D eigenvalue weighted by molar-refractivity contribution is -0.166. The summed E-state index contributed by atoms with van der Waals surface area (Å²) in [5, 5.41) is 0. The van der Waals surface area contributed by atoms with E-state index in [1.54, 1.807) is 0 Å². The van der Waals surface area contributed by atoms with Crippen molar-refractivity contribution >= 4 is 17.9 Å². The number of carbonyl (C=O) groups excluding carboxylic acids is 3. The van der Waals surface area contributed by atoms with Crippen molar-refractivity contribution in [3.8, 4) is 0 Å². The van der Waals surface area contributed by atoms with Crippen molar-refractivity contribution in [2.75, 3.05) is 13.2 Å². The van der Waals surface area contributed by atoms with Gasteiger partial charge in [0.15, 0.2) is 6.10 Å². The van der Waals surface area contributed by atoms with Crippen molar-refractivity contribution in [3.63, 3.8) is 0 Å². The molecule has 0 amide bonds. The zero-order chi connectivity index (χ0) is 56.4. The minimum atomic E-state index is -0.811. The molecule has 0 spiro atoms. The number of allylic oxidation sites excluding steroid dienone is 16. The number of hydrogen-bond donors (Lipinski definition) is 0. The SMILES string of the molecule is CC/C=C\C/C=C\C/C=C\C/C=C\CCC(=O)OCC(COC(=O)CCCCCCCCCCCCCCCCCC/C=C\C/C=C\C/C=C\CCCCCCC)OC(=O)CCCCCCC/C=C\CCCCCCCCC. The Bertz CT molecular complexity index is 1530. The fourth-order valence-corrected chi connectivity index (χ4v) is 9.34. The van der Waals surface area contributed by atoms with Crippen LogP contribution < -0.4 is 0 Å². The van der Waals surface area contributed by atoms with Gasteiger partial charge < -0.3 is 14.2 Å². The monoisotopic (exact) mass is 1080 g/mol. The van der Waals surface area contributed by atoms with E-state index >= 15 is 0 Å². The predicted molar refractivity (Wildman–Crippen MR) is 339 cm³/mol. The van der Waals surface area contributed by atoms with Gasteiger partial charge in [0.25, 0.3) is 0 Å². The number of unbranched alkanes of at least 4 members (excludes halogenated alkanes) is 33. The first-order valence-electron chi connectivity index (χ1n) is 33.2. The normalized spacial score (nSPS) is 12.7. The van der Waals surface area contributed by atoms with Crippen molar-refractivity contribution in [1.29, 1.82) is 0 Å². The lowest BCUT2D eigenvalue weighted by Gasteiger charge is -2.18. The summed E-state index contributed by atoms with van der Waals surface area (Å²) < 4.78 is 16.8. The van der Waals surface area contributed by atoms with E-state index in [1.807, 2.05) is 6.08 Å². The Morgan fingerprint density at radius 3 is 0.872 bits per heavy atom. The molecule has 0 fully saturated rings. The molecular formula is C72H124O6. The first-order valence-corrected chi connectivity index (χ1v) is 33.2. The molecule has 448 valence electrons. The molecule has 6 nitrogen and oxygen atoms in total. The summed E-state index contributed by atoms with van der Waals surface area (Å²) in [4.78, 5) is 38.2. The first kappa shape index (κ1) is 74.3. The Hall–Kier alpha value is -3.67. The van der Waals surface area contributed by atoms with Gasteiger partial charge in [-0.25, -0.2) is 0 Å². The van der Waals surface area contributed by atoms with Crippen molar-refractivity contribution in [2.45, 2.75) is 329 Å². The van der Waals surface area contributed by atoms with Gasteiger partial charge in [0.05, 0.1) is 0 Å². The Kier molecular flexibility index (Phi) is 62.7. The molecule has 78 heavy (non-hydrogen) atoms. The van der Waals surface area contributed by atoms with E-state index in [2.05, 4.69) is 112 Å². The second-order valence-corrected chi connectivity index (χ2v) is 22.0. The molecular weight excluding hydrogens is 961 g/mol. The highest BCUT2D eigenvalue weighted by molar-refractivity contribution is 5.71. The molecule has 0 saturated carbocycles. The van der Waals surface area contributed by atoms with Crippen LogP contribution in [-0.2, 0) is 28.6 Å². The summed E-state index contributed by atoms with van der Waals surface area (Å²) >= 11 is 0. The van der Waals surface area contributed by atoms with E-state index in [-0.39, 0.29) is 37.5 Å². The van der Waals surface area contributed by atoms with E-state index in [9.17, 15) is 14.4 Å². The topological polar surface area (TPSA) is 78.9 Å². The summed E-state index contributed by atoms with van der Waals surface area (Å²) in [6.45, 7) is 6.46. The largest absolute Gasteiger partial charge is 0.462 e. The van der Waals surface area contributed by atoms with E-state index in [4.69, 9.17) is 14.2 Å². The summed E-state index contributed by atoms with van der Waals surface area (Å²) in [6, 6.07) is 0. The molecule has 0 rings (SSSR count). The third-order valence-electron chi connectivity index (χ3n) is 14.3. The van der Waals surface area contributed by atoms with Gasteiger partial charge in [0.1, 0.15) is 13.2 Å². The molecule has 0 aliphatic carbocycles. The number of ether oxygens (including phenoxy) is 3. The maximum atomic E-state index is 12.9. The number of carbonyl (C=O) groups is 3. The molecule has 0 saturated heterocycles. The van der Waals surface area contributed by atoms with E-state index in [0.29, 0.717) is 19.3 Å². The Morgan fingerprint density at radius 1 is 0.269 bits per heavy atom. The number of rotatable bonds is 60. The Labute approximate surface area is 483 Å². The molecule has 1 atom stereocenters. The van der Waals surface area contributed by atoms with Crippen LogP contribution in [0, 0.1) is 0 Å². The molecule has 0 aromatic rings. The van der Waals surface area contributed by atoms with Crippen LogP contribution in [0.25, 0.3) is 0 Å². The standard InChI is InChI=1S/C72H124O6/c1-4-7-10-13-16-19-22-25-27-29-30-31-32-33-34-35-36-37-38-39-40-41-42-43-45-47-50-53-56-59-62-65-71(74)77-68-69(67-76-70(73)64-61-58-55-52-49-46-24-21-18-15-12-9-6-3)78-72(75)66-63-60-57-54-51-48-44-28-26-23-20-17-14-11-8-5-2/h9,12,18,21-22,25,28-30,32-33,44,46,49,55,58,69H,4-8,10-11,13-17,19-20,23-24,26-27,31,34-43,45,47-48,50-54,56-57,59-68H2,1-3H3/b12-9-,21-18-,25-22-,30-29-,33-32-,44-28-,49-46-,58-55-. The number of hydrogen-bond acceptors (Lipinski definition) is 6. The Balaban J connectivity index is 4.23. The molecule has 0 N–H and O–H groups in total. The van der Waals surface area contributed by atoms with Gasteiger partial charge in [0.2, 0.25) is 0 Å². The quantitative estimate of drug-likeness (QED) is 0.0261. The maximum Gasteiger partial charge on any atom is 0.306 e. The molecule has 1 unspecified atom stereocenters. The van der Waals surface area contributed by atoms with Crippen LogP contribution in [0.5, 0.6) is 0 Å². The lowest BCUT2D eigenvalue weighted by Crippen LogP contribution is -2.30. The predicted octanol–water partition coefficient (Wildman–Crippen LogP) is 22.8. The van der Waals surface area contributed by atoms with Crippen LogP contribution in [0.3, 0.4) is 0 Å². The van der Waals surface area contributed by atoms with Crippen LogP contribution >= 0.6 is 0 Å². The maximum absolute atomic E-state index is 12.9. The molecule has 0 bridgehead atoms. The second-order valence-electron chi connectivity index (χ2n) is 22.0. The number of esters is 3. The van der Waals surface area contributed by atoms with E-state index < -0.39 is 6.10 Å². The van der Waals surface area contributed by atoms with Crippen molar-refractivity contribution < 1.29 is 28.6 Å². The summed E-state index contributed by atoms with van der Waals surface area (Å²) in [5.74, 6) is -0.985. The minimum Gasteiger partial charge on any atom is -0.462 e. The third kappa shape index (κ3) is 63.2. The molecule has 0 aliphatic heterocycles. The van der Waals surface area contributed by atoms with Crippen LogP contribution in [0.1, 0.15) is 323 Å². The van der Waals surface area contributed by atoms with Gasteiger partial charge in [-0.2, -0.15) is 0 Å². The van der Waals surface area contributed by atoms with Crippen LogP contribution in [-0.4, -0.2) is 37.2 Å². The highest BCUT2D eigenvalue weighted by atomic mass is 16.6. The Morgan fingerprint density at radius 2 is 0.526 bits per heavy atom. The van der Waals surface area contributed by atoms with Crippen LogP contribution in [0.4, 0.5) is 0 Å². The van der Waals surface area contributed by atoms with Gasteiger partial charge in [0, 0.05) is 19.3 Å². The van der Waals surface area contributed by atoms with Gasteiger partial charge >= 0.3 is 17.9 Å². The zero-order valence-corrected chi connectivity index (χ0v) is 51.4. The summed E-state index contributed by atoms with van der Waals surface area (Å²) in [6.07, 6.45) is 88.8. The van der Waals surface area contributed by atoms with Crippen LogP contribution in [0.15, 0.2) is 97.2 Å². The van der Waals surface area contributed by atoms with Gasteiger partial charge in [-0.1, -0.05) is 291 Å². The van der Waals surface area contributed by atoms with Gasteiger partial charge in [-0.05, 0) is 109 Å². The van der Waals surface area contributed by atoms with Gasteiger partial charge in [-0.3, -0.25) is 14.4 Å². The average Bonchev–Trinajstić information content (AvgIpc) is 3.44. The minimum absolute atomic E-state index is 0.101. The fraction of sp³-hybridized carbons (Fsp3) is 0.736. The molecule has 0 aromatic carbocycles. The third-order valence-corrected chi connectivity index (χ3v) is 14.3.